The third kappa shape index (κ3) is 5.55. The van der Waals surface area contributed by atoms with Crippen molar-refractivity contribution in [2.24, 2.45) is 11.7 Å². The first-order valence-corrected chi connectivity index (χ1v) is 11.3. The highest BCUT2D eigenvalue weighted by atomic mass is 35.5. The van der Waals surface area contributed by atoms with Crippen molar-refractivity contribution < 1.29 is 17.9 Å². The molecule has 0 aromatic rings. The first-order chi connectivity index (χ1) is 12.5. The van der Waals surface area contributed by atoms with Gasteiger partial charge in [-0.15, -0.1) is 12.4 Å². The molecule has 3 rings (SSSR count). The molecular formula is C17H33ClN4O4S. The average molecular weight is 425 g/mol. The molecule has 2 N–H and O–H groups in total. The summed E-state index contributed by atoms with van der Waals surface area (Å²) in [5, 5.41) is 0. The number of nitrogens with two attached hydrogens (primary N) is 1. The Morgan fingerprint density at radius 3 is 1.96 bits per heavy atom. The van der Waals surface area contributed by atoms with Gasteiger partial charge in [-0.1, -0.05) is 12.8 Å². The molecular weight excluding hydrogens is 392 g/mol. The van der Waals surface area contributed by atoms with Crippen LogP contribution in [0.15, 0.2) is 0 Å². The minimum Gasteiger partial charge on any atom is -0.381 e. The number of ether oxygens (including phenoxy) is 1. The molecule has 0 saturated carbocycles. The van der Waals surface area contributed by atoms with Crippen LogP contribution in [0.1, 0.15) is 38.5 Å². The Labute approximate surface area is 169 Å². The molecule has 3 saturated heterocycles. The average Bonchev–Trinajstić information content (AvgIpc) is 2.98. The topological polar surface area (TPSA) is 96.2 Å². The van der Waals surface area contributed by atoms with Crippen molar-refractivity contribution in [3.8, 4) is 0 Å². The number of piperazine rings is 1. The van der Waals surface area contributed by atoms with Crippen LogP contribution in [0.2, 0.25) is 0 Å². The molecule has 3 heterocycles. The summed E-state index contributed by atoms with van der Waals surface area (Å²) in [7, 11) is -3.42. The quantitative estimate of drug-likeness (QED) is 0.705. The lowest BCUT2D eigenvalue weighted by Gasteiger charge is -2.38. The van der Waals surface area contributed by atoms with Gasteiger partial charge < -0.3 is 15.4 Å². The van der Waals surface area contributed by atoms with Crippen molar-refractivity contribution in [3.05, 3.63) is 0 Å². The van der Waals surface area contributed by atoms with Gasteiger partial charge >= 0.3 is 0 Å². The highest BCUT2D eigenvalue weighted by molar-refractivity contribution is 7.86. The van der Waals surface area contributed by atoms with Crippen molar-refractivity contribution in [2.75, 3.05) is 52.5 Å². The monoisotopic (exact) mass is 424 g/mol. The fraction of sp³-hybridized carbons (Fsp3) is 0.941. The summed E-state index contributed by atoms with van der Waals surface area (Å²) in [5.41, 5.74) is 6.19. The molecule has 158 valence electrons. The summed E-state index contributed by atoms with van der Waals surface area (Å²) in [5.74, 6) is 0.110. The molecule has 1 atom stereocenters. The first kappa shape index (κ1) is 22.8. The Balaban J connectivity index is 0.00000261. The van der Waals surface area contributed by atoms with E-state index in [1.807, 2.05) is 0 Å². The van der Waals surface area contributed by atoms with Crippen LogP contribution in [-0.2, 0) is 19.7 Å². The van der Waals surface area contributed by atoms with Gasteiger partial charge in [0.2, 0.25) is 5.91 Å². The number of amides is 1. The fourth-order valence-corrected chi connectivity index (χ4v) is 5.73. The molecule has 0 aromatic heterocycles. The number of hydrogen-bond donors (Lipinski definition) is 1. The third-order valence-electron chi connectivity index (χ3n) is 5.83. The van der Waals surface area contributed by atoms with Crippen LogP contribution in [0.3, 0.4) is 0 Å². The van der Waals surface area contributed by atoms with Gasteiger partial charge in [0.1, 0.15) is 0 Å². The summed E-state index contributed by atoms with van der Waals surface area (Å²) in [4.78, 5) is 14.4. The van der Waals surface area contributed by atoms with E-state index in [0.29, 0.717) is 52.5 Å². The van der Waals surface area contributed by atoms with Crippen molar-refractivity contribution >= 4 is 28.5 Å². The molecule has 1 amide bonds. The zero-order valence-electron chi connectivity index (χ0n) is 15.9. The van der Waals surface area contributed by atoms with Gasteiger partial charge in [0.05, 0.1) is 6.04 Å². The largest absolute Gasteiger partial charge is 0.381 e. The standard InChI is InChI=1S/C17H32N4O4S.ClH/c18-16(15-5-13-25-14-6-15)17(22)19-9-11-21(12-10-19)26(23,24)20-7-3-1-2-4-8-20;/h15-16H,1-14,18H2;1H. The number of rotatable bonds is 4. The van der Waals surface area contributed by atoms with Gasteiger partial charge in [-0.3, -0.25) is 4.79 Å². The van der Waals surface area contributed by atoms with Crippen LogP contribution in [0.4, 0.5) is 0 Å². The molecule has 0 bridgehead atoms. The highest BCUT2D eigenvalue weighted by Gasteiger charge is 2.36. The molecule has 0 aliphatic carbocycles. The third-order valence-corrected chi connectivity index (χ3v) is 7.86. The second-order valence-electron chi connectivity index (χ2n) is 7.52. The first-order valence-electron chi connectivity index (χ1n) is 9.87. The maximum Gasteiger partial charge on any atom is 0.282 e. The lowest BCUT2D eigenvalue weighted by Crippen LogP contribution is -2.57. The van der Waals surface area contributed by atoms with Crippen LogP contribution in [0, 0.1) is 5.92 Å². The molecule has 10 heteroatoms. The molecule has 0 spiro atoms. The van der Waals surface area contributed by atoms with Crippen LogP contribution < -0.4 is 5.73 Å². The number of hydrogen-bond acceptors (Lipinski definition) is 5. The van der Waals surface area contributed by atoms with Crippen molar-refractivity contribution in [3.63, 3.8) is 0 Å². The molecule has 0 aromatic carbocycles. The smallest absolute Gasteiger partial charge is 0.282 e. The highest BCUT2D eigenvalue weighted by Crippen LogP contribution is 2.21. The van der Waals surface area contributed by atoms with Gasteiger partial charge in [-0.05, 0) is 31.6 Å². The maximum atomic E-state index is 12.9. The molecule has 1 unspecified atom stereocenters. The zero-order chi connectivity index (χ0) is 18.6. The van der Waals surface area contributed by atoms with Crippen molar-refractivity contribution in [2.45, 2.75) is 44.6 Å². The Kier molecular flexibility index (Phi) is 8.76. The van der Waals surface area contributed by atoms with E-state index in [4.69, 9.17) is 10.5 Å². The Morgan fingerprint density at radius 2 is 1.41 bits per heavy atom. The number of nitrogens with zero attached hydrogens (tertiary/aromatic N) is 3. The zero-order valence-corrected chi connectivity index (χ0v) is 17.6. The van der Waals surface area contributed by atoms with E-state index in [1.165, 1.54) is 4.31 Å². The molecule has 3 fully saturated rings. The predicted molar refractivity (Wildman–Crippen MR) is 106 cm³/mol. The SMILES string of the molecule is Cl.NC(C(=O)N1CCN(S(=O)(=O)N2CCCCCC2)CC1)C1CCOCC1. The second-order valence-corrected chi connectivity index (χ2v) is 9.45. The van der Waals surface area contributed by atoms with Crippen molar-refractivity contribution in [1.29, 1.82) is 0 Å². The van der Waals surface area contributed by atoms with E-state index < -0.39 is 16.3 Å². The van der Waals surface area contributed by atoms with Crippen LogP contribution in [-0.4, -0.2) is 86.4 Å². The van der Waals surface area contributed by atoms with Gasteiger partial charge in [-0.2, -0.15) is 17.0 Å². The van der Waals surface area contributed by atoms with E-state index >= 15 is 0 Å². The second kappa shape index (κ2) is 10.4. The van der Waals surface area contributed by atoms with Crippen LogP contribution in [0.5, 0.6) is 0 Å². The summed E-state index contributed by atoms with van der Waals surface area (Å²) >= 11 is 0. The fourth-order valence-electron chi connectivity index (χ4n) is 4.06. The lowest BCUT2D eigenvalue weighted by atomic mass is 9.91. The molecule has 3 aliphatic rings. The number of halogens is 1. The summed E-state index contributed by atoms with van der Waals surface area (Å²) in [6, 6.07) is -0.507. The predicted octanol–water partition coefficient (Wildman–Crippen LogP) is 0.427. The molecule has 3 aliphatic heterocycles. The van der Waals surface area contributed by atoms with Gasteiger partial charge in [0, 0.05) is 52.5 Å². The van der Waals surface area contributed by atoms with E-state index in [-0.39, 0.29) is 24.2 Å². The lowest BCUT2D eigenvalue weighted by molar-refractivity contribution is -0.135. The molecule has 0 radical (unpaired) electrons. The maximum absolute atomic E-state index is 12.9. The van der Waals surface area contributed by atoms with Crippen LogP contribution >= 0.6 is 12.4 Å². The van der Waals surface area contributed by atoms with Crippen LogP contribution in [0.25, 0.3) is 0 Å². The normalized spacial score (nSPS) is 25.4. The molecule has 8 nitrogen and oxygen atoms in total. The molecule has 27 heavy (non-hydrogen) atoms. The van der Waals surface area contributed by atoms with E-state index in [2.05, 4.69) is 0 Å². The van der Waals surface area contributed by atoms with E-state index in [9.17, 15) is 13.2 Å². The van der Waals surface area contributed by atoms with E-state index in [1.54, 1.807) is 9.21 Å². The number of carbonyl (C=O) groups is 1. The minimum absolute atomic E-state index is 0. The Bertz CT molecular complexity index is 569. The Morgan fingerprint density at radius 1 is 0.889 bits per heavy atom. The van der Waals surface area contributed by atoms with Gasteiger partial charge in [-0.25, -0.2) is 0 Å². The summed E-state index contributed by atoms with van der Waals surface area (Å²) in [6.07, 6.45) is 5.68. The summed E-state index contributed by atoms with van der Waals surface area (Å²) < 4.78 is 34.2. The summed E-state index contributed by atoms with van der Waals surface area (Å²) in [6.45, 7) is 4.08. The minimum atomic E-state index is -3.42. The van der Waals surface area contributed by atoms with Crippen molar-refractivity contribution in [1.82, 2.24) is 13.5 Å². The van der Waals surface area contributed by atoms with Gasteiger partial charge in [0.25, 0.3) is 10.2 Å². The number of carbonyl (C=O) groups excluding carboxylic acids is 1. The van der Waals surface area contributed by atoms with Gasteiger partial charge in [0.15, 0.2) is 0 Å². The van der Waals surface area contributed by atoms with E-state index in [0.717, 1.165) is 38.5 Å². The Hall–Kier alpha value is -0.450.